The maximum absolute atomic E-state index is 4.66. The van der Waals surface area contributed by atoms with Crippen LogP contribution >= 0.6 is 0 Å². The van der Waals surface area contributed by atoms with Gasteiger partial charge in [0.1, 0.15) is 0 Å². The van der Waals surface area contributed by atoms with Crippen molar-refractivity contribution in [2.24, 2.45) is 5.92 Å². The number of hydrogen-bond donors (Lipinski definition) is 1. The number of rotatable bonds is 7. The van der Waals surface area contributed by atoms with E-state index >= 15 is 0 Å². The van der Waals surface area contributed by atoms with Crippen LogP contribution in [0.1, 0.15) is 50.9 Å². The standard InChI is InChI=1S/C17H30N4/c1-3-15-11-17(21(4-2)19-15)13-20-9-7-16(8-10-20)18-12-14-5-6-14/h11,14,16,18H,3-10,12-13H2,1-2H3. The van der Waals surface area contributed by atoms with E-state index in [1.165, 1.54) is 56.7 Å². The van der Waals surface area contributed by atoms with Crippen molar-refractivity contribution in [1.82, 2.24) is 20.0 Å². The summed E-state index contributed by atoms with van der Waals surface area (Å²) in [6, 6.07) is 3.05. The second-order valence-corrected chi connectivity index (χ2v) is 6.70. The average molecular weight is 290 g/mol. The van der Waals surface area contributed by atoms with E-state index in [9.17, 15) is 0 Å². The van der Waals surface area contributed by atoms with Crippen LogP contribution in [-0.4, -0.2) is 40.4 Å². The first-order chi connectivity index (χ1) is 10.3. The van der Waals surface area contributed by atoms with Crippen molar-refractivity contribution in [3.05, 3.63) is 17.5 Å². The minimum absolute atomic E-state index is 0.754. The van der Waals surface area contributed by atoms with E-state index in [2.05, 4.69) is 39.9 Å². The van der Waals surface area contributed by atoms with Crippen molar-refractivity contribution in [1.29, 1.82) is 0 Å². The second kappa shape index (κ2) is 6.93. The first kappa shape index (κ1) is 15.0. The molecule has 1 aromatic heterocycles. The summed E-state index contributed by atoms with van der Waals surface area (Å²) >= 11 is 0. The molecule has 1 N–H and O–H groups in total. The third-order valence-electron chi connectivity index (χ3n) is 4.94. The molecule has 4 nitrogen and oxygen atoms in total. The molecule has 1 aliphatic heterocycles. The lowest BCUT2D eigenvalue weighted by Gasteiger charge is -2.32. The van der Waals surface area contributed by atoms with Gasteiger partial charge in [-0.3, -0.25) is 9.58 Å². The molecule has 21 heavy (non-hydrogen) atoms. The topological polar surface area (TPSA) is 33.1 Å². The van der Waals surface area contributed by atoms with Gasteiger partial charge in [-0.2, -0.15) is 5.10 Å². The van der Waals surface area contributed by atoms with E-state index in [0.717, 1.165) is 31.5 Å². The number of nitrogens with one attached hydrogen (secondary N) is 1. The lowest BCUT2D eigenvalue weighted by Crippen LogP contribution is -2.42. The Morgan fingerprint density at radius 1 is 1.19 bits per heavy atom. The van der Waals surface area contributed by atoms with Crippen LogP contribution in [0.2, 0.25) is 0 Å². The number of aromatic nitrogens is 2. The predicted octanol–water partition coefficient (Wildman–Crippen LogP) is 2.43. The smallest absolute Gasteiger partial charge is 0.0625 e. The number of piperidine rings is 1. The number of likely N-dealkylation sites (tertiary alicyclic amines) is 1. The van der Waals surface area contributed by atoms with Crippen molar-refractivity contribution >= 4 is 0 Å². The first-order valence-corrected chi connectivity index (χ1v) is 8.79. The highest BCUT2D eigenvalue weighted by molar-refractivity contribution is 5.10. The van der Waals surface area contributed by atoms with Gasteiger partial charge in [-0.05, 0) is 57.6 Å². The first-order valence-electron chi connectivity index (χ1n) is 8.79. The number of nitrogens with zero attached hydrogens (tertiary/aromatic N) is 3. The second-order valence-electron chi connectivity index (χ2n) is 6.70. The Kier molecular flexibility index (Phi) is 4.96. The molecule has 1 aromatic rings. The summed E-state index contributed by atoms with van der Waals surface area (Å²) in [5, 5.41) is 8.42. The van der Waals surface area contributed by atoms with Crippen LogP contribution in [0.4, 0.5) is 0 Å². The zero-order valence-electron chi connectivity index (χ0n) is 13.6. The molecule has 0 bridgehead atoms. The van der Waals surface area contributed by atoms with Crippen molar-refractivity contribution < 1.29 is 0 Å². The van der Waals surface area contributed by atoms with Gasteiger partial charge >= 0.3 is 0 Å². The molecule has 1 aliphatic carbocycles. The van der Waals surface area contributed by atoms with Gasteiger partial charge in [0.05, 0.1) is 11.4 Å². The summed E-state index contributed by atoms with van der Waals surface area (Å²) in [4.78, 5) is 2.60. The molecule has 2 fully saturated rings. The van der Waals surface area contributed by atoms with Crippen LogP contribution in [0.15, 0.2) is 6.07 Å². The fourth-order valence-electron chi connectivity index (χ4n) is 3.27. The summed E-state index contributed by atoms with van der Waals surface area (Å²) in [6.07, 6.45) is 6.54. The molecular formula is C17H30N4. The van der Waals surface area contributed by atoms with E-state index in [0.29, 0.717) is 0 Å². The molecule has 2 aliphatic rings. The van der Waals surface area contributed by atoms with Crippen LogP contribution in [0, 0.1) is 5.92 Å². The maximum Gasteiger partial charge on any atom is 0.0625 e. The number of aryl methyl sites for hydroxylation is 2. The van der Waals surface area contributed by atoms with Gasteiger partial charge in [-0.1, -0.05) is 6.92 Å². The van der Waals surface area contributed by atoms with E-state index in [1.54, 1.807) is 0 Å². The third-order valence-corrected chi connectivity index (χ3v) is 4.94. The lowest BCUT2D eigenvalue weighted by atomic mass is 10.0. The highest BCUT2D eigenvalue weighted by Crippen LogP contribution is 2.28. The van der Waals surface area contributed by atoms with Gasteiger partial charge in [0.25, 0.3) is 0 Å². The normalized spacial score (nSPS) is 21.0. The zero-order chi connectivity index (χ0) is 14.7. The van der Waals surface area contributed by atoms with E-state index < -0.39 is 0 Å². The Bertz CT molecular complexity index is 442. The molecule has 1 saturated carbocycles. The predicted molar refractivity (Wildman–Crippen MR) is 86.3 cm³/mol. The Morgan fingerprint density at radius 2 is 1.95 bits per heavy atom. The highest BCUT2D eigenvalue weighted by Gasteiger charge is 2.24. The third kappa shape index (κ3) is 4.07. The van der Waals surface area contributed by atoms with Gasteiger partial charge in [-0.25, -0.2) is 0 Å². The van der Waals surface area contributed by atoms with Gasteiger partial charge in [0, 0.05) is 32.2 Å². The van der Waals surface area contributed by atoms with Crippen LogP contribution in [-0.2, 0) is 19.5 Å². The Balaban J connectivity index is 1.46. The van der Waals surface area contributed by atoms with Gasteiger partial charge < -0.3 is 5.32 Å². The Morgan fingerprint density at radius 3 is 2.57 bits per heavy atom. The minimum Gasteiger partial charge on any atom is -0.314 e. The fourth-order valence-corrected chi connectivity index (χ4v) is 3.27. The van der Waals surface area contributed by atoms with Crippen molar-refractivity contribution in [3.8, 4) is 0 Å². The van der Waals surface area contributed by atoms with Gasteiger partial charge in [0.15, 0.2) is 0 Å². The van der Waals surface area contributed by atoms with E-state index in [4.69, 9.17) is 0 Å². The molecule has 0 unspecified atom stereocenters. The Hall–Kier alpha value is -0.870. The molecule has 4 heteroatoms. The molecule has 2 heterocycles. The highest BCUT2D eigenvalue weighted by atomic mass is 15.3. The average Bonchev–Trinajstić information content (AvgIpc) is 3.26. The maximum atomic E-state index is 4.66. The van der Waals surface area contributed by atoms with Crippen LogP contribution in [0.25, 0.3) is 0 Å². The Labute approximate surface area is 128 Å². The van der Waals surface area contributed by atoms with Crippen molar-refractivity contribution in [2.75, 3.05) is 19.6 Å². The van der Waals surface area contributed by atoms with Gasteiger partial charge in [0.2, 0.25) is 0 Å². The van der Waals surface area contributed by atoms with Crippen LogP contribution in [0.3, 0.4) is 0 Å². The summed E-state index contributed by atoms with van der Waals surface area (Å²) in [5.41, 5.74) is 2.62. The van der Waals surface area contributed by atoms with E-state index in [-0.39, 0.29) is 0 Å². The monoisotopic (exact) mass is 290 g/mol. The lowest BCUT2D eigenvalue weighted by molar-refractivity contribution is 0.185. The summed E-state index contributed by atoms with van der Waals surface area (Å²) in [6.45, 7) is 10.1. The summed E-state index contributed by atoms with van der Waals surface area (Å²) in [7, 11) is 0. The molecule has 118 valence electrons. The zero-order valence-corrected chi connectivity index (χ0v) is 13.6. The molecule has 0 aromatic carbocycles. The van der Waals surface area contributed by atoms with Gasteiger partial charge in [-0.15, -0.1) is 0 Å². The van der Waals surface area contributed by atoms with Crippen LogP contribution < -0.4 is 5.32 Å². The molecule has 0 atom stereocenters. The number of hydrogen-bond acceptors (Lipinski definition) is 3. The largest absolute Gasteiger partial charge is 0.314 e. The molecule has 0 spiro atoms. The van der Waals surface area contributed by atoms with E-state index in [1.807, 2.05) is 0 Å². The molecular weight excluding hydrogens is 260 g/mol. The quantitative estimate of drug-likeness (QED) is 0.837. The molecule has 1 saturated heterocycles. The molecule has 0 radical (unpaired) electrons. The van der Waals surface area contributed by atoms with Crippen LogP contribution in [0.5, 0.6) is 0 Å². The molecule has 0 amide bonds. The van der Waals surface area contributed by atoms with Crippen molar-refractivity contribution in [2.45, 2.75) is 65.1 Å². The van der Waals surface area contributed by atoms with Crippen molar-refractivity contribution in [3.63, 3.8) is 0 Å². The fraction of sp³-hybridized carbons (Fsp3) is 0.824. The summed E-state index contributed by atoms with van der Waals surface area (Å²) < 4.78 is 2.18. The summed E-state index contributed by atoms with van der Waals surface area (Å²) in [5.74, 6) is 0.995. The molecule has 3 rings (SSSR count). The minimum atomic E-state index is 0.754. The SMILES string of the molecule is CCc1cc(CN2CCC(NCC3CC3)CC2)n(CC)n1.